The Labute approximate surface area is 324 Å². The molecular weight excluding hydrogens is 699 g/mol. The average molecular weight is 762 g/mol. The molecule has 5 fully saturated rings. The number of hydrogen-bond donors (Lipinski definition) is 2. The van der Waals surface area contributed by atoms with Crippen molar-refractivity contribution in [2.75, 3.05) is 6.26 Å². The Balaban J connectivity index is 1.29. The number of hydrogen-bond acceptors (Lipinski definition) is 6. The molecule has 6 rings (SSSR count). The molecule has 10 atom stereocenters. The van der Waals surface area contributed by atoms with Crippen molar-refractivity contribution in [1.82, 2.24) is 4.72 Å². The molecule has 0 bridgehead atoms. The lowest BCUT2D eigenvalue weighted by Gasteiger charge is -2.72. The number of sulfonamides is 1. The van der Waals surface area contributed by atoms with Gasteiger partial charge in [0.2, 0.25) is 10.0 Å². The number of carbonyl (C=O) groups excluding carboxylic acids is 2. The van der Waals surface area contributed by atoms with Gasteiger partial charge in [0.05, 0.1) is 23.7 Å². The van der Waals surface area contributed by atoms with E-state index in [1.54, 1.807) is 26.0 Å². The van der Waals surface area contributed by atoms with Crippen LogP contribution in [0.5, 0.6) is 0 Å². The minimum absolute atomic E-state index is 0.0851. The molecule has 54 heavy (non-hydrogen) atoms. The standard InChI is InChI=1S/C45H63NO7S/c1-28(2)30-18-24-45(23-17-29-13-11-12-14-31(29)38(48)46-54(10,51)52)26-25-43(8)32(37(30)45)15-16-34-42(7)21-20-35(53-36(47)27-40(3,4)39(49)50)41(5,6)33(42)19-22-44(34,43)9/h11-14,30,32-35,37H,1,15-16,18-22,24-27H2,2-10H3,(H,46,48)(H,49,50)/t30-,32?,33?,34?,35?,37?,42-,43+,44?,45?/m0/s1. The summed E-state index contributed by atoms with van der Waals surface area (Å²) in [6.07, 6.45) is 11.0. The number of amides is 1. The molecule has 2 N–H and O–H groups in total. The first-order chi connectivity index (χ1) is 24.9. The van der Waals surface area contributed by atoms with Crippen molar-refractivity contribution >= 4 is 27.9 Å². The fourth-order valence-corrected chi connectivity index (χ4v) is 13.8. The van der Waals surface area contributed by atoms with Crippen LogP contribution in [0.3, 0.4) is 0 Å². The Morgan fingerprint density at radius 2 is 1.61 bits per heavy atom. The first-order valence-electron chi connectivity index (χ1n) is 20.1. The molecule has 0 radical (unpaired) electrons. The lowest BCUT2D eigenvalue weighted by atomic mass is 9.32. The van der Waals surface area contributed by atoms with Gasteiger partial charge in [-0.15, -0.1) is 0 Å². The van der Waals surface area contributed by atoms with Gasteiger partial charge in [-0.2, -0.15) is 0 Å². The molecule has 8 nitrogen and oxygen atoms in total. The summed E-state index contributed by atoms with van der Waals surface area (Å²) in [7, 11) is -3.72. The number of fused-ring (bicyclic) bond motifs is 7. The highest BCUT2D eigenvalue weighted by Crippen LogP contribution is 2.77. The normalized spacial score (nSPS) is 38.2. The molecular formula is C45H63NO7S. The maximum Gasteiger partial charge on any atom is 0.309 e. The van der Waals surface area contributed by atoms with Gasteiger partial charge in [-0.1, -0.05) is 70.7 Å². The Hall–Kier alpha value is -3.12. The van der Waals surface area contributed by atoms with E-state index in [4.69, 9.17) is 4.74 Å². The van der Waals surface area contributed by atoms with Crippen molar-refractivity contribution in [3.8, 4) is 11.8 Å². The summed E-state index contributed by atoms with van der Waals surface area (Å²) in [6.45, 7) is 22.1. The maximum absolute atomic E-state index is 13.1. The first kappa shape index (κ1) is 40.5. The molecule has 0 heterocycles. The maximum atomic E-state index is 13.1. The molecule has 5 aliphatic rings. The SMILES string of the molecule is C=C(C)[C@@H]1CCC2(C#Cc3ccccc3C(=O)NS(C)(=O)=O)CC[C@]3(C)C(CCC4C3(C)CCC3C(C)(C)C(OC(=O)CC(C)(C)C(=O)O)CC[C@@]34C)C12. The third kappa shape index (κ3) is 6.54. The molecule has 9 heteroatoms. The van der Waals surface area contributed by atoms with Gasteiger partial charge in [0.15, 0.2) is 0 Å². The zero-order chi connectivity index (χ0) is 39.9. The van der Waals surface area contributed by atoms with Gasteiger partial charge in [-0.3, -0.25) is 14.4 Å². The summed E-state index contributed by atoms with van der Waals surface area (Å²) < 4.78 is 32.1. The van der Waals surface area contributed by atoms with Crippen LogP contribution in [0.1, 0.15) is 142 Å². The molecule has 0 aromatic heterocycles. The lowest BCUT2D eigenvalue weighted by Crippen LogP contribution is -2.66. The smallest absolute Gasteiger partial charge is 0.309 e. The number of ether oxygens (including phenoxy) is 1. The first-order valence-corrected chi connectivity index (χ1v) is 22.0. The molecule has 1 aromatic rings. The fraction of sp³-hybridized carbons (Fsp3) is 0.711. The zero-order valence-electron chi connectivity index (χ0n) is 34.1. The van der Waals surface area contributed by atoms with E-state index in [-0.39, 0.29) is 45.2 Å². The minimum Gasteiger partial charge on any atom is -0.481 e. The number of aliphatic carboxylic acids is 1. The van der Waals surface area contributed by atoms with Gasteiger partial charge in [0.25, 0.3) is 5.91 Å². The van der Waals surface area contributed by atoms with E-state index < -0.39 is 33.3 Å². The van der Waals surface area contributed by atoms with Crippen molar-refractivity contribution in [1.29, 1.82) is 0 Å². The van der Waals surface area contributed by atoms with E-state index >= 15 is 0 Å². The number of allylic oxidation sites excluding steroid dienone is 1. The number of carbonyl (C=O) groups is 3. The highest BCUT2D eigenvalue weighted by atomic mass is 32.2. The van der Waals surface area contributed by atoms with Crippen molar-refractivity contribution in [2.45, 2.75) is 132 Å². The van der Waals surface area contributed by atoms with Gasteiger partial charge in [-0.05, 0) is 143 Å². The molecule has 0 aliphatic heterocycles. The number of esters is 1. The van der Waals surface area contributed by atoms with Crippen molar-refractivity contribution in [2.24, 2.45) is 62.1 Å². The molecule has 0 saturated heterocycles. The molecule has 296 valence electrons. The molecule has 7 unspecified atom stereocenters. The monoisotopic (exact) mass is 761 g/mol. The summed E-state index contributed by atoms with van der Waals surface area (Å²) in [6, 6.07) is 7.03. The molecule has 1 amide bonds. The van der Waals surface area contributed by atoms with E-state index in [0.29, 0.717) is 35.2 Å². The lowest BCUT2D eigenvalue weighted by molar-refractivity contribution is -0.247. The van der Waals surface area contributed by atoms with Crippen molar-refractivity contribution in [3.63, 3.8) is 0 Å². The second-order valence-corrected chi connectivity index (χ2v) is 21.8. The van der Waals surface area contributed by atoms with Gasteiger partial charge >= 0.3 is 11.9 Å². The molecule has 0 spiro atoms. The summed E-state index contributed by atoms with van der Waals surface area (Å²) in [4.78, 5) is 37.8. The quantitative estimate of drug-likeness (QED) is 0.162. The van der Waals surface area contributed by atoms with E-state index in [0.717, 1.165) is 70.5 Å². The number of carboxylic acids is 1. The average Bonchev–Trinajstić information content (AvgIpc) is 3.45. The van der Waals surface area contributed by atoms with E-state index in [1.165, 1.54) is 5.57 Å². The Bertz CT molecular complexity index is 1900. The van der Waals surface area contributed by atoms with E-state index in [9.17, 15) is 27.9 Å². The fourth-order valence-electron chi connectivity index (χ4n) is 13.4. The predicted molar refractivity (Wildman–Crippen MR) is 211 cm³/mol. The number of carboxylic acid groups (broad SMARTS) is 1. The minimum atomic E-state index is -3.72. The predicted octanol–water partition coefficient (Wildman–Crippen LogP) is 8.80. The van der Waals surface area contributed by atoms with Crippen LogP contribution in [0.2, 0.25) is 0 Å². The summed E-state index contributed by atoms with van der Waals surface area (Å²) in [5.74, 6) is 7.25. The summed E-state index contributed by atoms with van der Waals surface area (Å²) >= 11 is 0. The second kappa shape index (κ2) is 13.5. The molecule has 5 saturated carbocycles. The Morgan fingerprint density at radius 3 is 2.26 bits per heavy atom. The van der Waals surface area contributed by atoms with Crippen LogP contribution in [0.4, 0.5) is 0 Å². The van der Waals surface area contributed by atoms with Crippen molar-refractivity contribution < 1.29 is 32.6 Å². The highest BCUT2D eigenvalue weighted by Gasteiger charge is 2.71. The van der Waals surface area contributed by atoms with Gasteiger partial charge in [0.1, 0.15) is 6.10 Å². The summed E-state index contributed by atoms with van der Waals surface area (Å²) in [5.41, 5.74) is 0.730. The van der Waals surface area contributed by atoms with Crippen LogP contribution in [0.25, 0.3) is 0 Å². The van der Waals surface area contributed by atoms with Gasteiger partial charge in [-0.25, -0.2) is 13.1 Å². The van der Waals surface area contributed by atoms with Crippen molar-refractivity contribution in [3.05, 3.63) is 47.5 Å². The van der Waals surface area contributed by atoms with Gasteiger partial charge in [0, 0.05) is 16.4 Å². The Morgan fingerprint density at radius 1 is 0.926 bits per heavy atom. The van der Waals surface area contributed by atoms with E-state index in [1.807, 2.05) is 12.1 Å². The highest BCUT2D eigenvalue weighted by molar-refractivity contribution is 7.89. The number of rotatable bonds is 7. The summed E-state index contributed by atoms with van der Waals surface area (Å²) in [5, 5.41) is 9.61. The molecule has 1 aromatic carbocycles. The number of benzene rings is 1. The van der Waals surface area contributed by atoms with Crippen LogP contribution in [-0.2, 0) is 24.3 Å². The van der Waals surface area contributed by atoms with Crippen LogP contribution < -0.4 is 4.72 Å². The largest absolute Gasteiger partial charge is 0.481 e. The molecule has 5 aliphatic carbocycles. The third-order valence-corrected chi connectivity index (χ3v) is 16.9. The van der Waals surface area contributed by atoms with Gasteiger partial charge < -0.3 is 9.84 Å². The Kier molecular flexibility index (Phi) is 10.2. The topological polar surface area (TPSA) is 127 Å². The zero-order valence-corrected chi connectivity index (χ0v) is 34.9. The van der Waals surface area contributed by atoms with Crippen LogP contribution in [0, 0.1) is 73.9 Å². The third-order valence-electron chi connectivity index (χ3n) is 16.3. The van der Waals surface area contributed by atoms with E-state index in [2.05, 4.69) is 64.7 Å². The number of nitrogens with one attached hydrogen (secondary N) is 1. The van der Waals surface area contributed by atoms with Crippen LogP contribution in [0.15, 0.2) is 36.4 Å². The second-order valence-electron chi connectivity index (χ2n) is 20.0. The van der Waals surface area contributed by atoms with Crippen LogP contribution in [-0.4, -0.2) is 43.7 Å². The van der Waals surface area contributed by atoms with Crippen LogP contribution >= 0.6 is 0 Å².